The van der Waals surface area contributed by atoms with Crippen LogP contribution < -0.4 is 63.8 Å². The first-order valence-electron chi connectivity index (χ1n) is 35.8. The second-order valence-corrected chi connectivity index (χ2v) is 28.2. The number of aliphatic carboxylic acids is 1. The molecule has 0 saturated carbocycles. The minimum Gasteiger partial charge on any atom is -0.481 e. The molecule has 0 unspecified atom stereocenters. The number of nitrogens with zero attached hydrogens (tertiary/aromatic N) is 4. The van der Waals surface area contributed by atoms with Crippen LogP contribution in [0.25, 0.3) is 10.8 Å². The fourth-order valence-corrected chi connectivity index (χ4v) is 12.9. The number of guanidine groups is 1. The number of anilines is 2. The van der Waals surface area contributed by atoms with E-state index in [4.69, 9.17) is 11.1 Å². The number of carboxylic acids is 1. The van der Waals surface area contributed by atoms with Crippen LogP contribution in [0.15, 0.2) is 161 Å². The monoisotopic (exact) mass is 1510 g/mol. The summed E-state index contributed by atoms with van der Waals surface area (Å²) >= 11 is 0. The predicted octanol–water partition coefficient (Wildman–Crippen LogP) is 4.64. The van der Waals surface area contributed by atoms with Crippen LogP contribution in [0, 0.1) is 11.3 Å². The number of amides is 9. The molecule has 32 heteroatoms. The summed E-state index contributed by atoms with van der Waals surface area (Å²) in [5.74, 6) is -9.11. The molecule has 0 aliphatic carbocycles. The molecule has 0 aromatic heterocycles. The lowest BCUT2D eigenvalue weighted by atomic mass is 10.00. The predicted molar refractivity (Wildman–Crippen MR) is 407 cm³/mol. The molecule has 108 heavy (non-hydrogen) atoms. The molecule has 31 nitrogen and oxygen atoms in total. The molecule has 6 aromatic carbocycles. The zero-order valence-corrected chi connectivity index (χ0v) is 61.9. The van der Waals surface area contributed by atoms with E-state index in [1.165, 1.54) is 41.3 Å². The number of carbonyl (C=O) groups is 10. The summed E-state index contributed by atoms with van der Waals surface area (Å²) in [6.07, 6.45) is 0.509. The summed E-state index contributed by atoms with van der Waals surface area (Å²) < 4.78 is 34.0. The van der Waals surface area contributed by atoms with Crippen LogP contribution in [-0.2, 0) is 66.1 Å². The lowest BCUT2D eigenvalue weighted by Gasteiger charge is -2.30. The highest BCUT2D eigenvalue weighted by Gasteiger charge is 2.40. The van der Waals surface area contributed by atoms with Gasteiger partial charge in [-0.3, -0.25) is 57.9 Å². The Bertz CT molecular complexity index is 4230. The van der Waals surface area contributed by atoms with Crippen molar-refractivity contribution in [2.45, 2.75) is 151 Å². The van der Waals surface area contributed by atoms with E-state index < -0.39 is 137 Å². The van der Waals surface area contributed by atoms with E-state index in [0.717, 1.165) is 5.69 Å². The van der Waals surface area contributed by atoms with Crippen molar-refractivity contribution < 1.29 is 71.1 Å². The molecule has 1 heterocycles. The fraction of sp³-hybridized carbons (Fsp3) is 0.408. The fourth-order valence-electron chi connectivity index (χ4n) is 12.2. The van der Waals surface area contributed by atoms with Gasteiger partial charge in [0.05, 0.1) is 18.0 Å². The molecule has 8 atom stereocenters. The largest absolute Gasteiger partial charge is 0.481 e. The lowest BCUT2D eigenvalue weighted by Crippen LogP contribution is -2.61. The molecule has 6 aromatic rings. The van der Waals surface area contributed by atoms with E-state index in [0.29, 0.717) is 64.6 Å². The van der Waals surface area contributed by atoms with E-state index in [-0.39, 0.29) is 87.0 Å². The van der Waals surface area contributed by atoms with Gasteiger partial charge in [0.2, 0.25) is 47.3 Å². The van der Waals surface area contributed by atoms with Gasteiger partial charge in [-0.05, 0) is 123 Å². The Hall–Kier alpha value is -11.4. The van der Waals surface area contributed by atoms with Crippen molar-refractivity contribution in [2.24, 2.45) is 21.9 Å². The summed E-state index contributed by atoms with van der Waals surface area (Å²) in [6, 6.07) is 28.9. The zero-order valence-electron chi connectivity index (χ0n) is 61.1. The number of benzene rings is 6. The van der Waals surface area contributed by atoms with Crippen molar-refractivity contribution in [2.75, 3.05) is 57.1 Å². The van der Waals surface area contributed by atoms with Gasteiger partial charge in [-0.15, -0.1) is 0 Å². The SMILES string of the molecule is CCCC[C@H](NC(=O)[C@H](CCCNC(=N)N)NC(=O)[C@H](CCC(=O)O)NC(=O)c1ccc(N=Nc2ccc(N(C)C)cc2)cc1)C(=O)N[C@@H](Cc1ccccc1)C(=O)N[C@@H](CC(C)C)C(=O)N[C@@H](CO)C(=O)N[C@@H](Cc1ccccc1)C(=O)N1CCC[C@H]1C(=O)NCCNc1cccc2c(S(=O)(=O)O)cccc12. The van der Waals surface area contributed by atoms with Crippen molar-refractivity contribution >= 4 is 109 Å². The Labute approximate surface area is 627 Å². The third kappa shape index (κ3) is 26.0. The normalized spacial score (nSPS) is 14.7. The first kappa shape index (κ1) is 83.9. The van der Waals surface area contributed by atoms with Gasteiger partial charge < -0.3 is 78.9 Å². The molecule has 0 spiro atoms. The number of carbonyl (C=O) groups excluding carboxylic acids is 9. The number of aliphatic hydroxyl groups excluding tert-OH is 1. The molecule has 1 saturated heterocycles. The third-order valence-corrected chi connectivity index (χ3v) is 18.8. The number of hydrogen-bond donors (Lipinski definition) is 15. The van der Waals surface area contributed by atoms with Gasteiger partial charge in [0.25, 0.3) is 16.0 Å². The summed E-state index contributed by atoms with van der Waals surface area (Å²) in [7, 11) is -0.705. The average molecular weight is 1510 g/mol. The number of aliphatic hydroxyl groups is 1. The van der Waals surface area contributed by atoms with E-state index in [1.807, 2.05) is 38.1 Å². The Balaban J connectivity index is 1.03. The zero-order chi connectivity index (χ0) is 78.5. The molecule has 1 aliphatic heterocycles. The smallest absolute Gasteiger partial charge is 0.303 e. The van der Waals surface area contributed by atoms with Crippen molar-refractivity contribution in [3.63, 3.8) is 0 Å². The van der Waals surface area contributed by atoms with Gasteiger partial charge in [0, 0.05) is 87.2 Å². The summed E-state index contributed by atoms with van der Waals surface area (Å²) in [5.41, 5.74) is 9.34. The van der Waals surface area contributed by atoms with Gasteiger partial charge in [0.1, 0.15) is 53.2 Å². The van der Waals surface area contributed by atoms with Crippen LogP contribution in [0.1, 0.15) is 106 Å². The number of likely N-dealkylation sites (tertiary alicyclic amines) is 1. The highest BCUT2D eigenvalue weighted by molar-refractivity contribution is 7.86. The van der Waals surface area contributed by atoms with Gasteiger partial charge >= 0.3 is 5.97 Å². The van der Waals surface area contributed by atoms with Crippen LogP contribution >= 0.6 is 0 Å². The lowest BCUT2D eigenvalue weighted by molar-refractivity contribution is -0.142. The minimum atomic E-state index is -4.52. The maximum atomic E-state index is 14.8. The first-order valence-corrected chi connectivity index (χ1v) is 37.3. The number of nitrogens with one attached hydrogen (secondary N) is 11. The van der Waals surface area contributed by atoms with Gasteiger partial charge in [-0.1, -0.05) is 119 Å². The van der Waals surface area contributed by atoms with E-state index in [2.05, 4.69) is 63.4 Å². The Morgan fingerprint density at radius 2 is 1.09 bits per heavy atom. The Kier molecular flexibility index (Phi) is 32.2. The summed E-state index contributed by atoms with van der Waals surface area (Å²) in [4.78, 5) is 145. The number of unbranched alkanes of at least 4 members (excludes halogenated alkanes) is 1. The number of nitrogens with two attached hydrogens (primary N) is 1. The molecule has 0 radical (unpaired) electrons. The highest BCUT2D eigenvalue weighted by atomic mass is 32.2. The summed E-state index contributed by atoms with van der Waals surface area (Å²) in [5, 5.41) is 64.9. The minimum absolute atomic E-state index is 0.0201. The van der Waals surface area contributed by atoms with E-state index in [9.17, 15) is 71.1 Å². The van der Waals surface area contributed by atoms with Crippen LogP contribution in [0.4, 0.5) is 22.7 Å². The molecule has 16 N–H and O–H groups in total. The topological polar surface area (TPSA) is 467 Å². The highest BCUT2D eigenvalue weighted by Crippen LogP contribution is 2.29. The number of azo groups is 1. The van der Waals surface area contributed by atoms with Gasteiger partial charge in [-0.25, -0.2) is 0 Å². The van der Waals surface area contributed by atoms with Crippen molar-refractivity contribution in [1.29, 1.82) is 5.41 Å². The average Bonchev–Trinajstić information content (AvgIpc) is 0.846. The Morgan fingerprint density at radius 3 is 1.66 bits per heavy atom. The molecule has 578 valence electrons. The quantitative estimate of drug-likeness (QED) is 0.00817. The standard InChI is InChI=1S/C76H98N16O15S/c1-6-7-24-57(83-68(97)58(26-16-39-81-76(77)78)84-70(99)59(37-38-66(94)95)82-67(96)50-29-31-51(32-30-50)89-90-52-33-35-53(36-34-52)91(4)5)69(98)86-61(44-48-18-10-8-11-19-48)72(101)85-60(43-47(2)3)71(100)88-63(46-93)73(102)87-62(45-49-20-12-9-13-21-49)75(104)92-42-17-27-64(92)74(103)80-41-40-79-56-25-14-23-55-54(56)22-15-28-65(55)108(105,106)107/h8-15,18-23,25,28-36,47,57-64,79,93H,6-7,16-17,24,26-27,37-46H2,1-5H3,(H,80,103)(H,82,96)(H,83,97)(H,84,99)(H,85,101)(H,86,98)(H,87,102)(H,88,100)(H,94,95)(H4,77,78,81)(H,105,106,107)/t57-,58-,59-,60-,61-,62-,63-,64-/m0/s1. The van der Waals surface area contributed by atoms with Crippen LogP contribution in [0.2, 0.25) is 0 Å². The van der Waals surface area contributed by atoms with Crippen molar-refractivity contribution in [1.82, 2.24) is 52.8 Å². The number of hydrogen-bond acceptors (Lipinski definition) is 18. The second-order valence-electron chi connectivity index (χ2n) is 26.8. The maximum absolute atomic E-state index is 14.8. The van der Waals surface area contributed by atoms with Crippen LogP contribution in [0.3, 0.4) is 0 Å². The van der Waals surface area contributed by atoms with Crippen molar-refractivity contribution in [3.05, 3.63) is 162 Å². The summed E-state index contributed by atoms with van der Waals surface area (Å²) in [6.45, 7) is 4.93. The maximum Gasteiger partial charge on any atom is 0.303 e. The molecule has 1 aliphatic rings. The van der Waals surface area contributed by atoms with Gasteiger partial charge in [0.15, 0.2) is 5.96 Å². The number of fused-ring (bicyclic) bond motifs is 1. The molecular formula is C76H98N16O15S. The molecule has 1 fully saturated rings. The molecular weight excluding hydrogens is 1410 g/mol. The van der Waals surface area contributed by atoms with Crippen molar-refractivity contribution in [3.8, 4) is 0 Å². The molecule has 0 bridgehead atoms. The third-order valence-electron chi connectivity index (χ3n) is 17.8. The Morgan fingerprint density at radius 1 is 0.583 bits per heavy atom. The van der Waals surface area contributed by atoms with E-state index in [1.54, 1.807) is 111 Å². The van der Waals surface area contributed by atoms with E-state index >= 15 is 0 Å². The second kappa shape index (κ2) is 41.5. The first-order chi connectivity index (χ1) is 51.6. The van der Waals surface area contributed by atoms with Crippen LogP contribution in [0.5, 0.6) is 0 Å². The molecule has 9 amide bonds. The number of rotatable bonds is 41. The van der Waals surface area contributed by atoms with Crippen LogP contribution in [-0.4, -0.2) is 188 Å². The molecule has 7 rings (SSSR count). The number of carboxylic acid groups (broad SMARTS) is 1. The van der Waals surface area contributed by atoms with Gasteiger partial charge in [-0.2, -0.15) is 18.6 Å².